The lowest BCUT2D eigenvalue weighted by molar-refractivity contribution is 0.0787. The van der Waals surface area contributed by atoms with Gasteiger partial charge in [0.05, 0.1) is 4.90 Å². The summed E-state index contributed by atoms with van der Waals surface area (Å²) in [5, 5.41) is 0. The minimum absolute atomic E-state index is 0. The molecule has 2 heterocycles. The quantitative estimate of drug-likeness (QED) is 0.837. The van der Waals surface area contributed by atoms with Crippen LogP contribution in [0.2, 0.25) is 0 Å². The number of amides is 1. The SMILES string of the molecule is Cl.NCC1CCN(C(=O)c2cccc(S(=O)(=O)N3CCCCCC3)c2)C1. The third kappa shape index (κ3) is 4.57. The van der Waals surface area contributed by atoms with Crippen molar-refractivity contribution < 1.29 is 13.2 Å². The monoisotopic (exact) mass is 401 g/mol. The van der Waals surface area contributed by atoms with Crippen LogP contribution in [0.5, 0.6) is 0 Å². The summed E-state index contributed by atoms with van der Waals surface area (Å²) in [6.45, 7) is 3.03. The van der Waals surface area contributed by atoms with Crippen molar-refractivity contribution >= 4 is 28.3 Å². The standard InChI is InChI=1S/C18H27N3O3S.ClH/c19-13-15-8-11-20(14-15)18(22)16-6-5-7-17(12-16)25(23,24)21-9-3-1-2-4-10-21;/h5-7,12,15H,1-4,8-11,13-14,19H2;1H. The smallest absolute Gasteiger partial charge is 0.253 e. The summed E-state index contributed by atoms with van der Waals surface area (Å²) in [7, 11) is -3.54. The zero-order valence-corrected chi connectivity index (χ0v) is 16.6. The first-order valence-electron chi connectivity index (χ1n) is 9.12. The highest BCUT2D eigenvalue weighted by atomic mass is 35.5. The minimum atomic E-state index is -3.54. The van der Waals surface area contributed by atoms with Crippen LogP contribution in [-0.2, 0) is 10.0 Å². The topological polar surface area (TPSA) is 83.7 Å². The second-order valence-electron chi connectivity index (χ2n) is 6.99. The second-order valence-corrected chi connectivity index (χ2v) is 8.93. The first-order valence-corrected chi connectivity index (χ1v) is 10.6. The molecule has 0 spiro atoms. The molecule has 0 bridgehead atoms. The van der Waals surface area contributed by atoms with Crippen LogP contribution in [-0.4, -0.2) is 56.3 Å². The third-order valence-electron chi connectivity index (χ3n) is 5.19. The van der Waals surface area contributed by atoms with Gasteiger partial charge in [0.1, 0.15) is 0 Å². The van der Waals surface area contributed by atoms with Crippen LogP contribution in [0.15, 0.2) is 29.2 Å². The van der Waals surface area contributed by atoms with Crippen LogP contribution in [0.1, 0.15) is 42.5 Å². The first kappa shape index (κ1) is 21.2. The van der Waals surface area contributed by atoms with E-state index in [0.29, 0.717) is 44.2 Å². The third-order valence-corrected chi connectivity index (χ3v) is 7.08. The number of hydrogen-bond donors (Lipinski definition) is 1. The van der Waals surface area contributed by atoms with Gasteiger partial charge in [-0.2, -0.15) is 4.31 Å². The molecule has 26 heavy (non-hydrogen) atoms. The van der Waals surface area contributed by atoms with Crippen molar-refractivity contribution in [2.45, 2.75) is 37.0 Å². The molecule has 2 fully saturated rings. The Morgan fingerprint density at radius 2 is 1.81 bits per heavy atom. The van der Waals surface area contributed by atoms with Crippen molar-refractivity contribution in [3.63, 3.8) is 0 Å². The Morgan fingerprint density at radius 3 is 2.42 bits per heavy atom. The van der Waals surface area contributed by atoms with E-state index in [1.54, 1.807) is 27.4 Å². The lowest BCUT2D eigenvalue weighted by atomic mass is 10.1. The van der Waals surface area contributed by atoms with Gasteiger partial charge in [0, 0.05) is 31.7 Å². The Hall–Kier alpha value is -1.15. The van der Waals surface area contributed by atoms with Gasteiger partial charge in [-0.3, -0.25) is 4.79 Å². The number of carbonyl (C=O) groups is 1. The molecule has 2 N–H and O–H groups in total. The molecule has 1 aromatic carbocycles. The Balaban J connectivity index is 0.00000243. The fourth-order valence-corrected chi connectivity index (χ4v) is 5.18. The number of sulfonamides is 1. The van der Waals surface area contributed by atoms with E-state index in [1.807, 2.05) is 0 Å². The zero-order valence-electron chi connectivity index (χ0n) is 15.0. The van der Waals surface area contributed by atoms with Gasteiger partial charge in [0.25, 0.3) is 5.91 Å². The predicted octanol–water partition coefficient (Wildman–Crippen LogP) is 2.09. The highest BCUT2D eigenvalue weighted by Crippen LogP contribution is 2.23. The minimum Gasteiger partial charge on any atom is -0.338 e. The van der Waals surface area contributed by atoms with Crippen LogP contribution in [0.25, 0.3) is 0 Å². The van der Waals surface area contributed by atoms with Gasteiger partial charge < -0.3 is 10.6 Å². The average molecular weight is 402 g/mol. The maximum absolute atomic E-state index is 12.9. The van der Waals surface area contributed by atoms with E-state index < -0.39 is 10.0 Å². The van der Waals surface area contributed by atoms with Gasteiger partial charge in [-0.05, 0) is 49.9 Å². The van der Waals surface area contributed by atoms with E-state index in [-0.39, 0.29) is 23.2 Å². The molecule has 1 amide bonds. The fourth-order valence-electron chi connectivity index (χ4n) is 3.61. The molecule has 0 aromatic heterocycles. The second kappa shape index (κ2) is 9.17. The molecule has 2 aliphatic rings. The van der Waals surface area contributed by atoms with E-state index >= 15 is 0 Å². The largest absolute Gasteiger partial charge is 0.338 e. The molecule has 8 heteroatoms. The Labute approximate surface area is 162 Å². The summed E-state index contributed by atoms with van der Waals surface area (Å²) < 4.78 is 27.4. The van der Waals surface area contributed by atoms with E-state index in [1.165, 1.54) is 6.07 Å². The van der Waals surface area contributed by atoms with E-state index in [4.69, 9.17) is 5.73 Å². The number of carbonyl (C=O) groups excluding carboxylic acids is 1. The molecule has 2 saturated heterocycles. The van der Waals surface area contributed by atoms with Crippen molar-refractivity contribution in [1.82, 2.24) is 9.21 Å². The normalized spacial score (nSPS) is 21.9. The van der Waals surface area contributed by atoms with Gasteiger partial charge in [0.2, 0.25) is 10.0 Å². The molecule has 0 aliphatic carbocycles. The predicted molar refractivity (Wildman–Crippen MR) is 104 cm³/mol. The summed E-state index contributed by atoms with van der Waals surface area (Å²) in [6, 6.07) is 6.47. The van der Waals surface area contributed by atoms with Gasteiger partial charge in [-0.1, -0.05) is 18.9 Å². The maximum atomic E-state index is 12.9. The average Bonchev–Trinajstić information content (AvgIpc) is 2.94. The van der Waals surface area contributed by atoms with Crippen molar-refractivity contribution in [1.29, 1.82) is 0 Å². The van der Waals surface area contributed by atoms with Crippen molar-refractivity contribution in [3.05, 3.63) is 29.8 Å². The lowest BCUT2D eigenvalue weighted by Gasteiger charge is -2.21. The van der Waals surface area contributed by atoms with Gasteiger partial charge in [-0.15, -0.1) is 12.4 Å². The van der Waals surface area contributed by atoms with Crippen molar-refractivity contribution in [2.24, 2.45) is 11.7 Å². The van der Waals surface area contributed by atoms with Crippen molar-refractivity contribution in [3.8, 4) is 0 Å². The summed E-state index contributed by atoms with van der Waals surface area (Å²) in [4.78, 5) is 14.7. The molecular weight excluding hydrogens is 374 g/mol. The molecule has 0 radical (unpaired) electrons. The van der Waals surface area contributed by atoms with Gasteiger partial charge in [0.15, 0.2) is 0 Å². The Bertz CT molecular complexity index is 718. The number of halogens is 1. The molecule has 0 saturated carbocycles. The zero-order chi connectivity index (χ0) is 17.9. The molecule has 3 rings (SSSR count). The Kier molecular flexibility index (Phi) is 7.46. The molecule has 1 unspecified atom stereocenters. The van der Waals surface area contributed by atoms with Crippen LogP contribution in [0.4, 0.5) is 0 Å². The van der Waals surface area contributed by atoms with Gasteiger partial charge in [-0.25, -0.2) is 8.42 Å². The molecule has 6 nitrogen and oxygen atoms in total. The summed E-state index contributed by atoms with van der Waals surface area (Å²) in [6.07, 6.45) is 4.84. The summed E-state index contributed by atoms with van der Waals surface area (Å²) in [5.41, 5.74) is 6.13. The lowest BCUT2D eigenvalue weighted by Crippen LogP contribution is -2.32. The number of nitrogens with zero attached hydrogens (tertiary/aromatic N) is 2. The first-order chi connectivity index (χ1) is 12.0. The maximum Gasteiger partial charge on any atom is 0.253 e. The van der Waals surface area contributed by atoms with Gasteiger partial charge >= 0.3 is 0 Å². The number of benzene rings is 1. The highest BCUT2D eigenvalue weighted by molar-refractivity contribution is 7.89. The van der Waals surface area contributed by atoms with Crippen LogP contribution < -0.4 is 5.73 Å². The number of nitrogens with two attached hydrogens (primary N) is 1. The number of likely N-dealkylation sites (tertiary alicyclic amines) is 1. The number of hydrogen-bond acceptors (Lipinski definition) is 4. The summed E-state index contributed by atoms with van der Waals surface area (Å²) >= 11 is 0. The van der Waals surface area contributed by atoms with Crippen LogP contribution in [0.3, 0.4) is 0 Å². The number of rotatable bonds is 4. The van der Waals surface area contributed by atoms with Crippen LogP contribution in [0, 0.1) is 5.92 Å². The fraction of sp³-hybridized carbons (Fsp3) is 0.611. The molecule has 1 atom stereocenters. The summed E-state index contributed by atoms with van der Waals surface area (Å²) in [5.74, 6) is 0.233. The molecule has 2 aliphatic heterocycles. The van der Waals surface area contributed by atoms with Crippen LogP contribution >= 0.6 is 12.4 Å². The molecular formula is C18H28ClN3O3S. The molecule has 146 valence electrons. The van der Waals surface area contributed by atoms with Crippen molar-refractivity contribution in [2.75, 3.05) is 32.7 Å². The highest BCUT2D eigenvalue weighted by Gasteiger charge is 2.28. The van der Waals surface area contributed by atoms with E-state index in [0.717, 1.165) is 32.1 Å². The Morgan fingerprint density at radius 1 is 1.12 bits per heavy atom. The van der Waals surface area contributed by atoms with E-state index in [9.17, 15) is 13.2 Å². The van der Waals surface area contributed by atoms with E-state index in [2.05, 4.69) is 0 Å². The molecule has 1 aromatic rings.